The largest absolute Gasteiger partial charge is 1.00 e. The van der Waals surface area contributed by atoms with Gasteiger partial charge in [0.15, 0.2) is 0 Å². The molecule has 100 valence electrons. The summed E-state index contributed by atoms with van der Waals surface area (Å²) in [4.78, 5) is 18.2. The van der Waals surface area contributed by atoms with Crippen LogP contribution in [-0.2, 0) is 4.79 Å². The number of aliphatic hydroxyl groups excluding tert-OH is 1. The van der Waals surface area contributed by atoms with E-state index in [1.165, 1.54) is 6.92 Å². The van der Waals surface area contributed by atoms with Crippen LogP contribution >= 0.6 is 0 Å². The second-order valence-corrected chi connectivity index (χ2v) is 3.75. The van der Waals surface area contributed by atoms with Crippen LogP contribution in [0.1, 0.15) is 6.92 Å². The minimum atomic E-state index is -0.833. The third-order valence-electron chi connectivity index (χ3n) is 0.771. The molecule has 0 aliphatic heterocycles. The third kappa shape index (κ3) is 213. The Morgan fingerprint density at radius 2 is 1.31 bits per heavy atom. The van der Waals surface area contributed by atoms with E-state index in [1.54, 1.807) is 0 Å². The highest BCUT2D eigenvalue weighted by atomic mass is 35.5. The average Bonchev–Trinajstić information content (AvgIpc) is 1.79. The van der Waals surface area contributed by atoms with Gasteiger partial charge in [-0.05, 0) is 0 Å². The maximum atomic E-state index is 9.22. The molecule has 0 aliphatic rings. The van der Waals surface area contributed by atoms with Crippen molar-refractivity contribution < 1.29 is 31.6 Å². The second kappa shape index (κ2) is 13.9. The number of nitrogens with zero attached hydrogens (tertiary/aromatic N) is 1. The van der Waals surface area contributed by atoms with Gasteiger partial charge in [0.25, 0.3) is 0 Å². The molecule has 0 fully saturated rings. The van der Waals surface area contributed by atoms with E-state index in [-0.39, 0.29) is 24.9 Å². The van der Waals surface area contributed by atoms with Gasteiger partial charge in [-0.15, -0.1) is 0 Å². The average molecular weight is 259 g/mol. The van der Waals surface area contributed by atoms with Crippen molar-refractivity contribution in [2.75, 3.05) is 34.3 Å². The number of halogens is 1. The van der Waals surface area contributed by atoms with E-state index in [0.29, 0.717) is 0 Å². The van der Waals surface area contributed by atoms with Crippen molar-refractivity contribution in [3.05, 3.63) is 0 Å². The molecule has 0 rings (SSSR count). The molecule has 0 aromatic carbocycles. The molecule has 0 aromatic rings. The van der Waals surface area contributed by atoms with E-state index in [0.717, 1.165) is 11.0 Å². The molecule has 0 saturated carbocycles. The summed E-state index contributed by atoms with van der Waals surface area (Å²) in [6.45, 7) is 2.42. The Balaban J connectivity index is -0.0000000700. The lowest BCUT2D eigenvalue weighted by molar-refractivity contribution is -0.870. The molecule has 0 saturated heterocycles. The van der Waals surface area contributed by atoms with E-state index in [9.17, 15) is 4.79 Å². The highest BCUT2D eigenvalue weighted by Crippen LogP contribution is 1.84. The molecule has 3 amide bonds. The number of rotatable bonds is 2. The number of quaternary nitrogens is 1. The van der Waals surface area contributed by atoms with E-state index in [2.05, 4.69) is 38.3 Å². The molecule has 7 nitrogen and oxygen atoms in total. The zero-order chi connectivity index (χ0) is 13.1. The fourth-order valence-corrected chi connectivity index (χ4v) is 0.300. The van der Waals surface area contributed by atoms with Crippen LogP contribution in [-0.4, -0.2) is 55.8 Å². The van der Waals surface area contributed by atoms with E-state index in [4.69, 9.17) is 9.90 Å². The second-order valence-electron chi connectivity index (χ2n) is 3.75. The van der Waals surface area contributed by atoms with Crippen LogP contribution in [0.25, 0.3) is 0 Å². The number of likely N-dealkylation sites (N-methyl/N-ethyl adjacent to an activating group) is 1. The summed E-state index contributed by atoms with van der Waals surface area (Å²) in [5.74, 6) is -0.333. The molecule has 0 bridgehead atoms. The molecular formula is C8H23ClN4O3. The van der Waals surface area contributed by atoms with Gasteiger partial charge in [-0.1, -0.05) is 0 Å². The van der Waals surface area contributed by atoms with Crippen LogP contribution in [0.15, 0.2) is 0 Å². The van der Waals surface area contributed by atoms with Gasteiger partial charge >= 0.3 is 6.03 Å². The molecule has 8 heteroatoms. The molecule has 0 aliphatic carbocycles. The molecule has 0 unspecified atom stereocenters. The lowest BCUT2D eigenvalue weighted by Gasteiger charge is -2.21. The Hall–Kier alpha value is -1.05. The number of primary amides is 3. The van der Waals surface area contributed by atoms with Gasteiger partial charge in [0.2, 0.25) is 5.91 Å². The first-order chi connectivity index (χ1) is 6.52. The smallest absolute Gasteiger partial charge is 0.309 e. The van der Waals surface area contributed by atoms with Gasteiger partial charge in [-0.3, -0.25) is 4.79 Å². The molecule has 16 heavy (non-hydrogen) atoms. The van der Waals surface area contributed by atoms with Gasteiger partial charge in [-0.2, -0.15) is 0 Å². The fraction of sp³-hybridized carbons (Fsp3) is 0.750. The SMILES string of the molecule is CC(N)=O.C[N+](C)(C)CCO.NC(N)=O.[Cl-]. The van der Waals surface area contributed by atoms with Crippen LogP contribution in [0.4, 0.5) is 4.79 Å². The standard InChI is InChI=1S/C5H14NO.C2H5NO.CH4N2O.ClH/c1-6(2,3)4-5-7;1-2(3)4;2-1(3)4;/h7H,4-5H2,1-3H3;1H3,(H2,3,4);(H4,2,3,4);1H/q+1;;;/p-1. The van der Waals surface area contributed by atoms with Gasteiger partial charge in [0, 0.05) is 6.92 Å². The Kier molecular flexibility index (Phi) is 21.2. The van der Waals surface area contributed by atoms with Gasteiger partial charge in [-0.25, -0.2) is 4.79 Å². The van der Waals surface area contributed by atoms with Crippen molar-refractivity contribution in [3.8, 4) is 0 Å². The van der Waals surface area contributed by atoms with Crippen molar-refractivity contribution in [3.63, 3.8) is 0 Å². The zero-order valence-corrected chi connectivity index (χ0v) is 11.0. The molecular weight excluding hydrogens is 236 g/mol. The van der Waals surface area contributed by atoms with Gasteiger partial charge in [0.05, 0.1) is 27.7 Å². The Morgan fingerprint density at radius 3 is 1.31 bits per heavy atom. The van der Waals surface area contributed by atoms with Crippen LogP contribution in [0.5, 0.6) is 0 Å². The summed E-state index contributed by atoms with van der Waals surface area (Å²) in [6.07, 6.45) is 0. The Bertz CT molecular complexity index is 163. The summed E-state index contributed by atoms with van der Waals surface area (Å²) in [5, 5.41) is 8.39. The zero-order valence-electron chi connectivity index (χ0n) is 10.2. The quantitative estimate of drug-likeness (QED) is 0.371. The maximum absolute atomic E-state index is 9.22. The summed E-state index contributed by atoms with van der Waals surface area (Å²) in [7, 11) is 6.16. The number of urea groups is 1. The van der Waals surface area contributed by atoms with Crippen LogP contribution in [0.3, 0.4) is 0 Å². The van der Waals surface area contributed by atoms with Crippen molar-refractivity contribution in [1.82, 2.24) is 0 Å². The van der Waals surface area contributed by atoms with Crippen LogP contribution in [0, 0.1) is 0 Å². The summed E-state index contributed by atoms with van der Waals surface area (Å²) in [5.41, 5.74) is 13.0. The third-order valence-corrected chi connectivity index (χ3v) is 0.771. The minimum absolute atomic E-state index is 0. The fourth-order valence-electron chi connectivity index (χ4n) is 0.300. The summed E-state index contributed by atoms with van der Waals surface area (Å²) in [6, 6.07) is -0.833. The molecule has 0 heterocycles. The van der Waals surface area contributed by atoms with E-state index >= 15 is 0 Å². The molecule has 7 N–H and O–H groups in total. The van der Waals surface area contributed by atoms with E-state index < -0.39 is 6.03 Å². The first-order valence-electron chi connectivity index (χ1n) is 4.25. The highest BCUT2D eigenvalue weighted by Gasteiger charge is 2.02. The van der Waals surface area contributed by atoms with Crippen molar-refractivity contribution in [2.45, 2.75) is 6.92 Å². The van der Waals surface area contributed by atoms with Crippen molar-refractivity contribution in [2.24, 2.45) is 17.2 Å². The Labute approximate surface area is 103 Å². The lowest BCUT2D eigenvalue weighted by atomic mass is 10.5. The summed E-state index contributed by atoms with van der Waals surface area (Å²) >= 11 is 0. The number of hydrogen-bond donors (Lipinski definition) is 4. The minimum Gasteiger partial charge on any atom is -1.00 e. The lowest BCUT2D eigenvalue weighted by Crippen LogP contribution is -3.00. The normalized spacial score (nSPS) is 8.31. The predicted octanol–water partition coefficient (Wildman–Crippen LogP) is -4.80. The first-order valence-corrected chi connectivity index (χ1v) is 4.25. The number of carbonyl (C=O) groups is 2. The monoisotopic (exact) mass is 258 g/mol. The number of nitrogens with two attached hydrogens (primary N) is 3. The van der Waals surface area contributed by atoms with Crippen molar-refractivity contribution >= 4 is 11.9 Å². The van der Waals surface area contributed by atoms with Crippen LogP contribution < -0.4 is 29.6 Å². The van der Waals surface area contributed by atoms with Gasteiger partial charge < -0.3 is 39.2 Å². The van der Waals surface area contributed by atoms with Crippen molar-refractivity contribution in [1.29, 1.82) is 0 Å². The maximum Gasteiger partial charge on any atom is 0.309 e. The molecule has 0 spiro atoms. The van der Waals surface area contributed by atoms with Crippen LogP contribution in [0.2, 0.25) is 0 Å². The van der Waals surface area contributed by atoms with Gasteiger partial charge in [0.1, 0.15) is 6.54 Å². The van der Waals surface area contributed by atoms with E-state index in [1.807, 2.05) is 0 Å². The number of carbonyl (C=O) groups excluding carboxylic acids is 2. The molecule has 0 radical (unpaired) electrons. The number of aliphatic hydroxyl groups is 1. The first kappa shape index (κ1) is 24.3. The summed E-state index contributed by atoms with van der Waals surface area (Å²) < 4.78 is 0.844. The Morgan fingerprint density at radius 1 is 1.12 bits per heavy atom. The number of amides is 3. The highest BCUT2D eigenvalue weighted by molar-refractivity contribution is 5.70. The topological polar surface area (TPSA) is 132 Å². The predicted molar refractivity (Wildman–Crippen MR) is 58.6 cm³/mol. The molecule has 0 atom stereocenters. The number of hydrogen-bond acceptors (Lipinski definition) is 3. The molecule has 0 aromatic heterocycles.